The van der Waals surface area contributed by atoms with Crippen molar-refractivity contribution >= 4 is 17.8 Å². The number of hydrogen-bond donors (Lipinski definition) is 2. The normalized spacial score (nSPS) is 12.3. The van der Waals surface area contributed by atoms with Crippen molar-refractivity contribution in [2.45, 2.75) is 57.5 Å². The Kier molecular flexibility index (Phi) is 10.2. The van der Waals surface area contributed by atoms with Gasteiger partial charge in [-0.15, -0.1) is 0 Å². The first-order valence-electron chi connectivity index (χ1n) is 9.06. The fraction of sp³-hybridized carbons (Fsp3) is 0.500. The fourth-order valence-electron chi connectivity index (χ4n) is 2.58. The summed E-state index contributed by atoms with van der Waals surface area (Å²) in [6.45, 7) is 1.88. The molecule has 146 valence electrons. The molecule has 2 atom stereocenters. The van der Waals surface area contributed by atoms with Crippen molar-refractivity contribution in [1.29, 1.82) is 5.26 Å². The lowest BCUT2D eigenvalue weighted by Gasteiger charge is -2.17. The molecule has 7 heteroatoms. The Morgan fingerprint density at radius 1 is 1.07 bits per heavy atom. The van der Waals surface area contributed by atoms with Gasteiger partial charge in [0, 0.05) is 19.3 Å². The molecular weight excluding hydrogens is 346 g/mol. The molecule has 27 heavy (non-hydrogen) atoms. The number of unbranched alkanes of at least 4 members (excludes halogenated alkanes) is 2. The van der Waals surface area contributed by atoms with E-state index in [1.165, 1.54) is 7.11 Å². The van der Waals surface area contributed by atoms with Crippen LogP contribution in [0.15, 0.2) is 30.3 Å². The van der Waals surface area contributed by atoms with E-state index < -0.39 is 12.0 Å². The topological polar surface area (TPSA) is 108 Å². The lowest BCUT2D eigenvalue weighted by Crippen LogP contribution is -2.41. The SMILES string of the molecule is COC(=O)[C@@H](CCCCC#N)NC(=O)CCC(=O)N[C@H](C)c1ccccc1. The summed E-state index contributed by atoms with van der Waals surface area (Å²) in [7, 11) is 1.26. The Morgan fingerprint density at radius 3 is 2.30 bits per heavy atom. The van der Waals surface area contributed by atoms with Crippen LogP contribution in [0.2, 0.25) is 0 Å². The molecule has 0 aliphatic rings. The van der Waals surface area contributed by atoms with Gasteiger partial charge in [0.15, 0.2) is 0 Å². The van der Waals surface area contributed by atoms with Gasteiger partial charge in [0.2, 0.25) is 11.8 Å². The highest BCUT2D eigenvalue weighted by atomic mass is 16.5. The van der Waals surface area contributed by atoms with E-state index in [2.05, 4.69) is 10.6 Å². The first kappa shape index (κ1) is 22.2. The van der Waals surface area contributed by atoms with E-state index in [4.69, 9.17) is 10.00 Å². The third-order valence-electron chi connectivity index (χ3n) is 4.11. The highest BCUT2D eigenvalue weighted by molar-refractivity contribution is 5.87. The van der Waals surface area contributed by atoms with Crippen LogP contribution in [0.1, 0.15) is 57.1 Å². The van der Waals surface area contributed by atoms with Gasteiger partial charge in [-0.3, -0.25) is 9.59 Å². The van der Waals surface area contributed by atoms with E-state index in [-0.39, 0.29) is 30.7 Å². The number of methoxy groups -OCH3 is 1. The minimum atomic E-state index is -0.757. The van der Waals surface area contributed by atoms with Gasteiger partial charge in [-0.05, 0) is 31.7 Å². The number of hydrogen-bond acceptors (Lipinski definition) is 5. The maximum Gasteiger partial charge on any atom is 0.328 e. The smallest absolute Gasteiger partial charge is 0.328 e. The maximum atomic E-state index is 12.1. The summed E-state index contributed by atoms with van der Waals surface area (Å²) < 4.78 is 4.70. The molecule has 1 rings (SSSR count). The van der Waals surface area contributed by atoms with E-state index >= 15 is 0 Å². The van der Waals surface area contributed by atoms with Crippen molar-refractivity contribution < 1.29 is 19.1 Å². The van der Waals surface area contributed by atoms with Crippen molar-refractivity contribution in [2.75, 3.05) is 7.11 Å². The van der Waals surface area contributed by atoms with Gasteiger partial charge in [0.1, 0.15) is 6.04 Å². The third-order valence-corrected chi connectivity index (χ3v) is 4.11. The molecule has 1 aromatic rings. The highest BCUT2D eigenvalue weighted by Crippen LogP contribution is 2.11. The third kappa shape index (κ3) is 8.86. The van der Waals surface area contributed by atoms with Crippen LogP contribution in [-0.4, -0.2) is 30.9 Å². The second kappa shape index (κ2) is 12.5. The Hall–Kier alpha value is -2.88. The zero-order chi connectivity index (χ0) is 20.1. The molecule has 0 spiro atoms. The molecule has 0 aromatic heterocycles. The quantitative estimate of drug-likeness (QED) is 0.457. The molecule has 0 radical (unpaired) electrons. The van der Waals surface area contributed by atoms with Crippen LogP contribution in [0.25, 0.3) is 0 Å². The predicted molar refractivity (Wildman–Crippen MR) is 100 cm³/mol. The lowest BCUT2D eigenvalue weighted by molar-refractivity contribution is -0.145. The molecule has 0 fully saturated rings. The predicted octanol–water partition coefficient (Wildman–Crippen LogP) is 2.39. The van der Waals surface area contributed by atoms with Crippen LogP contribution in [0.5, 0.6) is 0 Å². The molecule has 1 aromatic carbocycles. The van der Waals surface area contributed by atoms with Crippen molar-refractivity contribution in [3.05, 3.63) is 35.9 Å². The Balaban J connectivity index is 2.40. The number of amides is 2. The lowest BCUT2D eigenvalue weighted by atomic mass is 10.1. The number of esters is 1. The van der Waals surface area contributed by atoms with Crippen molar-refractivity contribution in [3.63, 3.8) is 0 Å². The zero-order valence-electron chi connectivity index (χ0n) is 15.9. The Bertz CT molecular complexity index is 655. The maximum absolute atomic E-state index is 12.1. The number of rotatable bonds is 11. The molecule has 7 nitrogen and oxygen atoms in total. The van der Waals surface area contributed by atoms with Crippen molar-refractivity contribution in [3.8, 4) is 6.07 Å². The first-order valence-corrected chi connectivity index (χ1v) is 9.06. The minimum Gasteiger partial charge on any atom is -0.467 e. The molecule has 0 saturated heterocycles. The number of nitrogens with one attached hydrogen (secondary N) is 2. The zero-order valence-corrected chi connectivity index (χ0v) is 15.9. The van der Waals surface area contributed by atoms with Gasteiger partial charge < -0.3 is 15.4 Å². The van der Waals surface area contributed by atoms with E-state index in [1.54, 1.807) is 0 Å². The molecule has 0 aliphatic carbocycles. The van der Waals surface area contributed by atoms with Gasteiger partial charge in [0.25, 0.3) is 0 Å². The Morgan fingerprint density at radius 2 is 1.70 bits per heavy atom. The van der Waals surface area contributed by atoms with Gasteiger partial charge in [-0.25, -0.2) is 4.79 Å². The van der Waals surface area contributed by atoms with Crippen molar-refractivity contribution in [2.24, 2.45) is 0 Å². The molecule has 0 bridgehead atoms. The molecule has 0 unspecified atom stereocenters. The molecule has 0 saturated carbocycles. The molecular formula is C20H27N3O4. The summed E-state index contributed by atoms with van der Waals surface area (Å²) in [5.41, 5.74) is 0.985. The van der Waals surface area contributed by atoms with Crippen LogP contribution >= 0.6 is 0 Å². The second-order valence-electron chi connectivity index (χ2n) is 6.25. The molecule has 0 heterocycles. The van der Waals surface area contributed by atoms with Gasteiger partial charge in [-0.1, -0.05) is 30.3 Å². The minimum absolute atomic E-state index is 0.0148. The number of carbonyl (C=O) groups is 3. The van der Waals surface area contributed by atoms with Crippen LogP contribution in [0.3, 0.4) is 0 Å². The number of benzene rings is 1. The molecule has 0 aliphatic heterocycles. The van der Waals surface area contributed by atoms with Crippen molar-refractivity contribution in [1.82, 2.24) is 10.6 Å². The van der Waals surface area contributed by atoms with Crippen LogP contribution in [-0.2, 0) is 19.1 Å². The standard InChI is InChI=1S/C20H27N3O4/c1-15(16-9-5-3-6-10-16)22-18(24)12-13-19(25)23-17(20(26)27-2)11-7-4-8-14-21/h3,5-6,9-10,15,17H,4,7-8,11-13H2,1-2H3,(H,22,24)(H,23,25)/t15-,17-/m1/s1. The van der Waals surface area contributed by atoms with E-state index in [0.717, 1.165) is 5.56 Å². The average molecular weight is 373 g/mol. The van der Waals surface area contributed by atoms with Crippen LogP contribution in [0.4, 0.5) is 0 Å². The number of carbonyl (C=O) groups excluding carboxylic acids is 3. The summed E-state index contributed by atoms with van der Waals surface area (Å²) in [4.78, 5) is 35.9. The summed E-state index contributed by atoms with van der Waals surface area (Å²) in [5.74, 6) is -1.14. The summed E-state index contributed by atoms with van der Waals surface area (Å²) >= 11 is 0. The first-order chi connectivity index (χ1) is 13.0. The fourth-order valence-corrected chi connectivity index (χ4v) is 2.58. The van der Waals surface area contributed by atoms with Gasteiger partial charge >= 0.3 is 5.97 Å². The Labute approximate surface area is 160 Å². The summed E-state index contributed by atoms with van der Waals surface area (Å²) in [6, 6.07) is 10.7. The molecule has 2 amide bonds. The average Bonchev–Trinajstić information content (AvgIpc) is 2.68. The highest BCUT2D eigenvalue weighted by Gasteiger charge is 2.21. The summed E-state index contributed by atoms with van der Waals surface area (Å²) in [5, 5.41) is 14.0. The molecule has 2 N–H and O–H groups in total. The van der Waals surface area contributed by atoms with Gasteiger partial charge in [0.05, 0.1) is 19.2 Å². The summed E-state index contributed by atoms with van der Waals surface area (Å²) in [6.07, 6.45) is 2.10. The largest absolute Gasteiger partial charge is 0.467 e. The van der Waals surface area contributed by atoms with E-state index in [0.29, 0.717) is 25.7 Å². The second-order valence-corrected chi connectivity index (χ2v) is 6.25. The van der Waals surface area contributed by atoms with E-state index in [9.17, 15) is 14.4 Å². The number of ether oxygens (including phenoxy) is 1. The van der Waals surface area contributed by atoms with Crippen LogP contribution < -0.4 is 10.6 Å². The number of nitriles is 1. The van der Waals surface area contributed by atoms with Crippen LogP contribution in [0, 0.1) is 11.3 Å². The van der Waals surface area contributed by atoms with Gasteiger partial charge in [-0.2, -0.15) is 5.26 Å². The van der Waals surface area contributed by atoms with E-state index in [1.807, 2.05) is 43.3 Å². The monoisotopic (exact) mass is 373 g/mol. The number of nitrogens with zero attached hydrogens (tertiary/aromatic N) is 1.